The summed E-state index contributed by atoms with van der Waals surface area (Å²) in [5.41, 5.74) is 0.202. The number of hydrogen-bond donors (Lipinski definition) is 2. The van der Waals surface area contributed by atoms with Crippen LogP contribution < -0.4 is 15.4 Å². The fourth-order valence-corrected chi connectivity index (χ4v) is 4.20. The predicted molar refractivity (Wildman–Crippen MR) is 113 cm³/mol. The first kappa shape index (κ1) is 19.7. The third-order valence-corrected chi connectivity index (χ3v) is 5.77. The van der Waals surface area contributed by atoms with E-state index >= 15 is 0 Å². The van der Waals surface area contributed by atoms with Crippen LogP contribution in [0.2, 0.25) is 0 Å². The van der Waals surface area contributed by atoms with Gasteiger partial charge in [-0.05, 0) is 28.7 Å². The van der Waals surface area contributed by atoms with Gasteiger partial charge in [0, 0.05) is 18.2 Å². The highest BCUT2D eigenvalue weighted by Crippen LogP contribution is 2.36. The molecule has 0 spiro atoms. The minimum absolute atomic E-state index is 0.108. The molecule has 4 heterocycles. The number of ether oxygens (including phenoxy) is 1. The van der Waals surface area contributed by atoms with Crippen molar-refractivity contribution < 1.29 is 28.1 Å². The van der Waals surface area contributed by atoms with Crippen molar-refractivity contribution in [3.05, 3.63) is 53.4 Å². The van der Waals surface area contributed by atoms with Crippen LogP contribution in [0.4, 0.5) is 10.6 Å². The first-order valence-corrected chi connectivity index (χ1v) is 9.85. The van der Waals surface area contributed by atoms with Gasteiger partial charge in [-0.15, -0.1) is 0 Å². The first-order valence-electron chi connectivity index (χ1n) is 9.85. The summed E-state index contributed by atoms with van der Waals surface area (Å²) in [6, 6.07) is 7.92. The molecule has 0 bridgehead atoms. The molecule has 2 aliphatic heterocycles. The molecule has 1 saturated heterocycles. The molecule has 162 valence electrons. The van der Waals surface area contributed by atoms with Gasteiger partial charge in [-0.25, -0.2) is 9.37 Å². The van der Waals surface area contributed by atoms with E-state index in [9.17, 15) is 14.4 Å². The number of carbonyl (C=O) groups is 3. The lowest BCUT2D eigenvalue weighted by Gasteiger charge is -2.29. The third kappa shape index (κ3) is 2.83. The van der Waals surface area contributed by atoms with E-state index in [1.54, 1.807) is 42.1 Å². The molecule has 2 aliphatic rings. The monoisotopic (exact) mass is 434 g/mol. The molecule has 0 radical (unpaired) electrons. The van der Waals surface area contributed by atoms with Crippen LogP contribution in [0.5, 0.6) is 5.75 Å². The molecular weight excluding hydrogens is 414 g/mol. The van der Waals surface area contributed by atoms with Gasteiger partial charge >= 0.3 is 11.8 Å². The van der Waals surface area contributed by atoms with Gasteiger partial charge in [0.05, 0.1) is 27.4 Å². The second-order valence-electron chi connectivity index (χ2n) is 7.85. The minimum Gasteiger partial charge on any atom is -0.497 e. The minimum atomic E-state index is -1.59. The maximum atomic E-state index is 13.1. The van der Waals surface area contributed by atoms with Crippen molar-refractivity contribution in [2.75, 3.05) is 20.7 Å². The van der Waals surface area contributed by atoms with Crippen LogP contribution in [0.25, 0.3) is 11.0 Å². The molecule has 10 heteroatoms. The number of methoxy groups -OCH3 is 1. The van der Waals surface area contributed by atoms with Gasteiger partial charge in [0.2, 0.25) is 0 Å². The summed E-state index contributed by atoms with van der Waals surface area (Å²) in [5.74, 6) is 0.459. The highest BCUT2D eigenvalue weighted by Gasteiger charge is 2.53. The largest absolute Gasteiger partial charge is 0.497 e. The number of imide groups is 1. The van der Waals surface area contributed by atoms with Crippen molar-refractivity contribution in [1.82, 2.24) is 20.5 Å². The zero-order chi connectivity index (χ0) is 22.6. The number of pyridine rings is 1. The number of benzene rings is 1. The second kappa shape index (κ2) is 6.91. The number of nitrogens with zero attached hydrogens (tertiary/aromatic N) is 3. The molecule has 1 aromatic carbocycles. The van der Waals surface area contributed by atoms with Crippen molar-refractivity contribution in [3.63, 3.8) is 0 Å². The Morgan fingerprint density at radius 3 is 2.78 bits per heavy atom. The number of aromatic nitrogens is 1. The van der Waals surface area contributed by atoms with Crippen molar-refractivity contribution >= 4 is 41.4 Å². The number of furan rings is 1. The average molecular weight is 434 g/mol. The van der Waals surface area contributed by atoms with Gasteiger partial charge in [0.1, 0.15) is 28.7 Å². The Hall–Kier alpha value is -4.21. The molecule has 0 saturated carbocycles. The fraction of sp³-hybridized carbons (Fsp3) is 0.227. The van der Waals surface area contributed by atoms with Crippen molar-refractivity contribution in [2.45, 2.75) is 12.1 Å². The fourth-order valence-electron chi connectivity index (χ4n) is 4.20. The summed E-state index contributed by atoms with van der Waals surface area (Å²) >= 11 is 0. The Labute approximate surface area is 182 Å². The van der Waals surface area contributed by atoms with E-state index in [4.69, 9.17) is 9.15 Å². The van der Waals surface area contributed by atoms with Crippen LogP contribution >= 0.6 is 0 Å². The van der Waals surface area contributed by atoms with Crippen LogP contribution in [-0.4, -0.2) is 59.7 Å². The quantitative estimate of drug-likeness (QED) is 0.357. The summed E-state index contributed by atoms with van der Waals surface area (Å²) < 4.78 is 12.8. The topological polar surface area (TPSA) is 117 Å². The van der Waals surface area contributed by atoms with Crippen LogP contribution in [0.1, 0.15) is 21.7 Å². The van der Waals surface area contributed by atoms with Gasteiger partial charge in [0.25, 0.3) is 11.8 Å². The molecule has 4 amide bonds. The molecule has 1 unspecified atom stereocenters. The predicted octanol–water partition coefficient (Wildman–Crippen LogP) is 1.50. The van der Waals surface area contributed by atoms with Gasteiger partial charge in [-0.1, -0.05) is 6.07 Å². The molecular formula is C22H20N5O5+. The second-order valence-corrected chi connectivity index (χ2v) is 7.85. The molecule has 10 nitrogen and oxygen atoms in total. The van der Waals surface area contributed by atoms with Gasteiger partial charge < -0.3 is 19.4 Å². The van der Waals surface area contributed by atoms with Crippen LogP contribution in [0.15, 0.2) is 40.9 Å². The smallest absolute Gasteiger partial charge is 0.333 e. The lowest BCUT2D eigenvalue weighted by molar-refractivity contribution is -0.397. The molecule has 5 rings (SSSR count). The van der Waals surface area contributed by atoms with Crippen molar-refractivity contribution in [2.24, 2.45) is 0 Å². The average Bonchev–Trinajstić information content (AvgIpc) is 3.42. The molecule has 3 aromatic rings. The number of urea groups is 1. The Balaban J connectivity index is 1.57. The maximum absolute atomic E-state index is 13.1. The summed E-state index contributed by atoms with van der Waals surface area (Å²) in [6.45, 7) is 4.04. The third-order valence-electron chi connectivity index (χ3n) is 5.77. The highest BCUT2D eigenvalue weighted by atomic mass is 16.5. The van der Waals surface area contributed by atoms with E-state index in [0.29, 0.717) is 28.1 Å². The van der Waals surface area contributed by atoms with Crippen molar-refractivity contribution in [1.29, 1.82) is 0 Å². The van der Waals surface area contributed by atoms with E-state index in [1.807, 2.05) is 6.07 Å². The normalized spacial score (nSPS) is 19.8. The number of amides is 4. The molecule has 2 aromatic heterocycles. The number of fused-ring (bicyclic) bond motifs is 2. The number of carbonyl (C=O) groups excluding carboxylic acids is 3. The Kier molecular flexibility index (Phi) is 4.26. The number of rotatable bonds is 5. The van der Waals surface area contributed by atoms with Gasteiger partial charge in [0.15, 0.2) is 5.54 Å². The number of hydrogen-bond acceptors (Lipinski definition) is 6. The van der Waals surface area contributed by atoms with Crippen LogP contribution in [0, 0.1) is 0 Å². The zero-order valence-electron chi connectivity index (χ0n) is 17.5. The summed E-state index contributed by atoms with van der Waals surface area (Å²) in [4.78, 5) is 44.1. The summed E-state index contributed by atoms with van der Waals surface area (Å²) in [7, 11) is 3.27. The highest BCUT2D eigenvalue weighted by molar-refractivity contribution is 6.08. The molecule has 2 N–H and O–H groups in total. The van der Waals surface area contributed by atoms with Crippen LogP contribution in [0.3, 0.4) is 0 Å². The number of nitrogens with one attached hydrogen (secondary N) is 2. The van der Waals surface area contributed by atoms with E-state index in [-0.39, 0.29) is 24.8 Å². The molecule has 1 atom stereocenters. The first-order chi connectivity index (χ1) is 15.3. The van der Waals surface area contributed by atoms with E-state index in [1.165, 1.54) is 12.0 Å². The van der Waals surface area contributed by atoms with Gasteiger partial charge in [-0.2, -0.15) is 0 Å². The van der Waals surface area contributed by atoms with E-state index < -0.39 is 17.5 Å². The lowest BCUT2D eigenvalue weighted by atomic mass is 9.95. The van der Waals surface area contributed by atoms with E-state index in [2.05, 4.69) is 22.3 Å². The Bertz CT molecular complexity index is 1330. The zero-order valence-corrected chi connectivity index (χ0v) is 17.5. The summed E-state index contributed by atoms with van der Waals surface area (Å²) in [6.07, 6.45) is 1.57. The Morgan fingerprint density at radius 2 is 2.09 bits per heavy atom. The molecule has 1 fully saturated rings. The summed E-state index contributed by atoms with van der Waals surface area (Å²) in [5, 5.41) is 5.58. The standard InChI is InChI=1S/C22H19N5O5/c1-26(2)18-15-9-17(32-16(15)6-7-23-18)22(20(29)24-21(30)25-22)11-27-10-12-4-5-13(31-3)8-14(12)19(27)28/h4-9H,1,10-11H2,2-3H3,(H-,24,25,29,30)/p+1. The molecule has 32 heavy (non-hydrogen) atoms. The maximum Gasteiger partial charge on any atom is 0.333 e. The van der Waals surface area contributed by atoms with Crippen LogP contribution in [-0.2, 0) is 16.9 Å². The van der Waals surface area contributed by atoms with Gasteiger partial charge in [-0.3, -0.25) is 14.9 Å². The van der Waals surface area contributed by atoms with Crippen molar-refractivity contribution in [3.8, 4) is 5.75 Å². The SMILES string of the molecule is C=[N+](C)c1nccc2oc(C3(CN4Cc5ccc(OC)cc5C4=O)NC(=O)NC3=O)cc12. The Morgan fingerprint density at radius 1 is 1.28 bits per heavy atom. The lowest BCUT2D eigenvalue weighted by Crippen LogP contribution is -2.52. The van der Waals surface area contributed by atoms with E-state index in [0.717, 1.165) is 5.56 Å². The molecule has 0 aliphatic carbocycles.